The zero-order valence-electron chi connectivity index (χ0n) is 18.5. The summed E-state index contributed by atoms with van der Waals surface area (Å²) >= 11 is 0. The fourth-order valence-electron chi connectivity index (χ4n) is 3.69. The lowest BCUT2D eigenvalue weighted by Gasteiger charge is -2.10. The highest BCUT2D eigenvalue weighted by molar-refractivity contribution is 5.92. The van der Waals surface area contributed by atoms with Crippen molar-refractivity contribution in [2.45, 2.75) is 19.8 Å². The van der Waals surface area contributed by atoms with Crippen molar-refractivity contribution < 1.29 is 31.5 Å². The molecular formula is C28H19F5O2. The molecule has 0 N–H and O–H groups in total. The van der Waals surface area contributed by atoms with Gasteiger partial charge in [0.15, 0.2) is 17.5 Å². The van der Waals surface area contributed by atoms with Gasteiger partial charge in [0.2, 0.25) is 0 Å². The maximum Gasteiger partial charge on any atom is 0.349 e. The summed E-state index contributed by atoms with van der Waals surface area (Å²) in [7, 11) is 0. The highest BCUT2D eigenvalue weighted by Gasteiger charge is 2.22. The Labute approximate surface area is 198 Å². The molecule has 4 rings (SSSR count). The first-order chi connectivity index (χ1) is 16.8. The van der Waals surface area contributed by atoms with Crippen LogP contribution in [0.25, 0.3) is 22.3 Å². The van der Waals surface area contributed by atoms with Gasteiger partial charge in [-0.25, -0.2) is 26.7 Å². The average molecular weight is 482 g/mol. The Bertz CT molecular complexity index is 1330. The number of carbonyl (C=O) groups excluding carboxylic acids is 1. The molecule has 0 aliphatic carbocycles. The first-order valence-electron chi connectivity index (χ1n) is 10.8. The summed E-state index contributed by atoms with van der Waals surface area (Å²) < 4.78 is 73.7. The normalized spacial score (nSPS) is 10.9. The molecule has 0 saturated heterocycles. The molecule has 0 spiro atoms. The Hall–Kier alpha value is -4.00. The van der Waals surface area contributed by atoms with Gasteiger partial charge in [0.1, 0.15) is 22.9 Å². The van der Waals surface area contributed by atoms with Crippen LogP contribution in [0.1, 0.15) is 29.3 Å². The number of hydrogen-bond donors (Lipinski definition) is 0. The van der Waals surface area contributed by atoms with Crippen LogP contribution in [-0.2, 0) is 6.42 Å². The lowest BCUT2D eigenvalue weighted by Crippen LogP contribution is -2.14. The third kappa shape index (κ3) is 5.24. The van der Waals surface area contributed by atoms with E-state index in [9.17, 15) is 26.7 Å². The topological polar surface area (TPSA) is 26.3 Å². The van der Waals surface area contributed by atoms with E-state index in [2.05, 4.69) is 23.8 Å². The lowest BCUT2D eigenvalue weighted by molar-refractivity contribution is 0.0723. The van der Waals surface area contributed by atoms with Crippen molar-refractivity contribution >= 4 is 5.97 Å². The lowest BCUT2D eigenvalue weighted by atomic mass is 9.98. The zero-order valence-corrected chi connectivity index (χ0v) is 18.5. The summed E-state index contributed by atoms with van der Waals surface area (Å²) in [5.41, 5.74) is 2.82. The SMILES string of the molecule is CCCc1ccc(-c2ccc(-c3cc(F)c(C(=O)Oc4cc(F)c(F)c(F)c4)c(F)c3)cc2)cc1. The van der Waals surface area contributed by atoms with Gasteiger partial charge >= 0.3 is 5.97 Å². The number of esters is 1. The van der Waals surface area contributed by atoms with Crippen LogP contribution in [0.5, 0.6) is 5.75 Å². The van der Waals surface area contributed by atoms with Crippen LogP contribution in [0, 0.1) is 29.1 Å². The summed E-state index contributed by atoms with van der Waals surface area (Å²) in [6, 6.07) is 17.9. The summed E-state index contributed by atoms with van der Waals surface area (Å²) in [4.78, 5) is 12.2. The van der Waals surface area contributed by atoms with Gasteiger partial charge in [-0.1, -0.05) is 61.9 Å². The Morgan fingerprint density at radius 3 is 1.60 bits per heavy atom. The van der Waals surface area contributed by atoms with E-state index in [-0.39, 0.29) is 5.56 Å². The number of carbonyl (C=O) groups is 1. The fraction of sp³-hybridized carbons (Fsp3) is 0.107. The van der Waals surface area contributed by atoms with Crippen molar-refractivity contribution in [3.63, 3.8) is 0 Å². The minimum absolute atomic E-state index is 0.181. The standard InChI is InChI=1S/C28H19F5O2/c1-2-3-16-4-6-17(7-5-16)18-8-10-19(11-9-18)20-12-22(29)26(23(30)13-20)28(34)35-21-14-24(31)27(33)25(32)15-21/h4-15H,2-3H2,1H3. The predicted molar refractivity (Wildman–Crippen MR) is 122 cm³/mol. The molecule has 0 atom stereocenters. The van der Waals surface area contributed by atoms with Crippen molar-refractivity contribution in [1.29, 1.82) is 0 Å². The van der Waals surface area contributed by atoms with Crippen molar-refractivity contribution in [3.8, 4) is 28.0 Å². The van der Waals surface area contributed by atoms with E-state index in [4.69, 9.17) is 0 Å². The molecule has 0 aliphatic heterocycles. The highest BCUT2D eigenvalue weighted by atomic mass is 19.2. The number of rotatable bonds is 6. The van der Waals surface area contributed by atoms with Gasteiger partial charge in [0.25, 0.3) is 0 Å². The van der Waals surface area contributed by atoms with Crippen LogP contribution in [0.3, 0.4) is 0 Å². The Morgan fingerprint density at radius 2 is 1.11 bits per heavy atom. The summed E-state index contributed by atoms with van der Waals surface area (Å²) in [6.07, 6.45) is 2.05. The van der Waals surface area contributed by atoms with E-state index in [0.717, 1.165) is 36.1 Å². The number of benzene rings is 4. The van der Waals surface area contributed by atoms with E-state index < -0.39 is 46.4 Å². The van der Waals surface area contributed by atoms with Gasteiger partial charge in [-0.05, 0) is 46.4 Å². The highest BCUT2D eigenvalue weighted by Crippen LogP contribution is 2.29. The second-order valence-corrected chi connectivity index (χ2v) is 7.93. The van der Waals surface area contributed by atoms with Gasteiger partial charge in [0.05, 0.1) is 0 Å². The quantitative estimate of drug-likeness (QED) is 0.121. The van der Waals surface area contributed by atoms with E-state index >= 15 is 0 Å². The molecule has 0 heterocycles. The van der Waals surface area contributed by atoms with E-state index in [0.29, 0.717) is 17.7 Å². The molecule has 0 unspecified atom stereocenters. The monoisotopic (exact) mass is 482 g/mol. The van der Waals surface area contributed by atoms with Crippen molar-refractivity contribution in [3.05, 3.63) is 113 Å². The first kappa shape index (κ1) is 24.1. The first-order valence-corrected chi connectivity index (χ1v) is 10.8. The number of halogens is 5. The molecule has 0 aliphatic rings. The number of hydrogen-bond acceptors (Lipinski definition) is 2. The molecule has 0 amide bonds. The summed E-state index contributed by atoms with van der Waals surface area (Å²) in [5, 5.41) is 0. The van der Waals surface area contributed by atoms with Crippen molar-refractivity contribution in [2.75, 3.05) is 0 Å². The molecule has 2 nitrogen and oxygen atoms in total. The van der Waals surface area contributed by atoms with Gasteiger partial charge in [-0.3, -0.25) is 0 Å². The molecule has 0 bridgehead atoms. The summed E-state index contributed by atoms with van der Waals surface area (Å²) in [5.74, 6) is -9.65. The second kappa shape index (κ2) is 10.1. The minimum Gasteiger partial charge on any atom is -0.423 e. The van der Waals surface area contributed by atoms with E-state index in [1.54, 1.807) is 12.1 Å². The third-order valence-corrected chi connectivity index (χ3v) is 5.46. The Morgan fingerprint density at radius 1 is 0.657 bits per heavy atom. The van der Waals surface area contributed by atoms with Crippen LogP contribution < -0.4 is 4.74 Å². The average Bonchev–Trinajstić information content (AvgIpc) is 2.83. The smallest absolute Gasteiger partial charge is 0.349 e. The molecule has 35 heavy (non-hydrogen) atoms. The van der Waals surface area contributed by atoms with Crippen LogP contribution >= 0.6 is 0 Å². The van der Waals surface area contributed by atoms with Crippen LogP contribution in [0.2, 0.25) is 0 Å². The Kier molecular flexibility index (Phi) is 6.96. The molecule has 0 aromatic heterocycles. The van der Waals surface area contributed by atoms with Crippen LogP contribution in [0.15, 0.2) is 72.8 Å². The number of aryl methyl sites for hydroxylation is 1. The third-order valence-electron chi connectivity index (χ3n) is 5.46. The molecule has 0 saturated carbocycles. The van der Waals surface area contributed by atoms with Crippen molar-refractivity contribution in [1.82, 2.24) is 0 Å². The maximum atomic E-state index is 14.7. The molecular weight excluding hydrogens is 463 g/mol. The van der Waals surface area contributed by atoms with Gasteiger partial charge < -0.3 is 4.74 Å². The van der Waals surface area contributed by atoms with Gasteiger partial charge in [-0.15, -0.1) is 0 Å². The van der Waals surface area contributed by atoms with Gasteiger partial charge in [-0.2, -0.15) is 0 Å². The molecule has 4 aromatic rings. The zero-order chi connectivity index (χ0) is 25.1. The molecule has 178 valence electrons. The molecule has 0 radical (unpaired) electrons. The predicted octanol–water partition coefficient (Wildman–Crippen LogP) is 7.89. The maximum absolute atomic E-state index is 14.7. The molecule has 4 aromatic carbocycles. The van der Waals surface area contributed by atoms with Crippen LogP contribution in [0.4, 0.5) is 22.0 Å². The molecule has 0 fully saturated rings. The Balaban J connectivity index is 1.56. The van der Waals surface area contributed by atoms with Gasteiger partial charge in [0, 0.05) is 12.1 Å². The number of ether oxygens (including phenoxy) is 1. The van der Waals surface area contributed by atoms with Crippen molar-refractivity contribution in [2.24, 2.45) is 0 Å². The van der Waals surface area contributed by atoms with Crippen LogP contribution in [-0.4, -0.2) is 5.97 Å². The summed E-state index contributed by atoms with van der Waals surface area (Å²) in [6.45, 7) is 2.11. The van der Waals surface area contributed by atoms with E-state index in [1.165, 1.54) is 5.56 Å². The second-order valence-electron chi connectivity index (χ2n) is 7.93. The largest absolute Gasteiger partial charge is 0.423 e. The molecule has 7 heteroatoms. The minimum atomic E-state index is -1.76. The fourth-order valence-corrected chi connectivity index (χ4v) is 3.69. The van der Waals surface area contributed by atoms with E-state index in [1.807, 2.05) is 24.3 Å².